The van der Waals surface area contributed by atoms with Crippen molar-refractivity contribution >= 4 is 18.3 Å². The van der Waals surface area contributed by atoms with E-state index in [1.807, 2.05) is 0 Å². The molecule has 1 aromatic carbocycles. The van der Waals surface area contributed by atoms with Gasteiger partial charge in [0.15, 0.2) is 0 Å². The van der Waals surface area contributed by atoms with Crippen molar-refractivity contribution in [2.45, 2.75) is 45.6 Å². The summed E-state index contributed by atoms with van der Waals surface area (Å²) >= 11 is 4.33. The summed E-state index contributed by atoms with van der Waals surface area (Å²) in [6.07, 6.45) is 5.03. The maximum Gasteiger partial charge on any atom is 0.0401 e. The van der Waals surface area contributed by atoms with Gasteiger partial charge in [-0.1, -0.05) is 25.1 Å². The first-order valence-electron chi connectivity index (χ1n) is 7.17. The molecule has 1 aliphatic rings. The number of anilines is 1. The molecular weight excluding hydrogens is 238 g/mol. The van der Waals surface area contributed by atoms with E-state index in [9.17, 15) is 0 Å². The van der Waals surface area contributed by atoms with E-state index < -0.39 is 0 Å². The Morgan fingerprint density at radius 2 is 2.11 bits per heavy atom. The number of thiol groups is 1. The summed E-state index contributed by atoms with van der Waals surface area (Å²) in [5, 5.41) is 0. The molecule has 2 heteroatoms. The third kappa shape index (κ3) is 3.23. The molecule has 2 rings (SSSR count). The molecule has 0 saturated carbocycles. The third-order valence-electron chi connectivity index (χ3n) is 4.15. The van der Waals surface area contributed by atoms with Gasteiger partial charge >= 0.3 is 0 Å². The predicted molar refractivity (Wildman–Crippen MR) is 83.8 cm³/mol. The van der Waals surface area contributed by atoms with Crippen LogP contribution in [0.15, 0.2) is 24.3 Å². The zero-order chi connectivity index (χ0) is 13.0. The lowest BCUT2D eigenvalue weighted by atomic mass is 9.95. The van der Waals surface area contributed by atoms with E-state index in [-0.39, 0.29) is 0 Å². The van der Waals surface area contributed by atoms with Crippen molar-refractivity contribution in [3.63, 3.8) is 0 Å². The van der Waals surface area contributed by atoms with Crippen LogP contribution in [0.2, 0.25) is 0 Å². The fourth-order valence-electron chi connectivity index (χ4n) is 2.83. The lowest BCUT2D eigenvalue weighted by molar-refractivity contribution is 0.480. The zero-order valence-corrected chi connectivity index (χ0v) is 12.5. The Morgan fingerprint density at radius 1 is 1.33 bits per heavy atom. The van der Waals surface area contributed by atoms with Crippen LogP contribution in [0.4, 0.5) is 5.69 Å². The maximum atomic E-state index is 4.33. The Labute approximate surface area is 117 Å². The normalized spacial score (nSPS) is 20.6. The quantitative estimate of drug-likeness (QED) is 0.780. The summed E-state index contributed by atoms with van der Waals surface area (Å²) in [6, 6.07) is 9.58. The maximum absolute atomic E-state index is 4.33. The van der Waals surface area contributed by atoms with E-state index in [0.29, 0.717) is 6.04 Å². The van der Waals surface area contributed by atoms with Gasteiger partial charge in [-0.25, -0.2) is 0 Å². The summed E-state index contributed by atoms with van der Waals surface area (Å²) in [4.78, 5) is 2.61. The fourth-order valence-corrected chi connectivity index (χ4v) is 3.27. The van der Waals surface area contributed by atoms with Gasteiger partial charge in [-0.3, -0.25) is 0 Å². The molecule has 0 fully saturated rings. The van der Waals surface area contributed by atoms with Gasteiger partial charge in [0.1, 0.15) is 0 Å². The lowest BCUT2D eigenvalue weighted by Gasteiger charge is -2.37. The molecule has 1 aromatic rings. The second kappa shape index (κ2) is 6.51. The third-order valence-corrected chi connectivity index (χ3v) is 4.41. The molecule has 18 heavy (non-hydrogen) atoms. The molecule has 0 aromatic heterocycles. The van der Waals surface area contributed by atoms with Crippen molar-refractivity contribution in [3.05, 3.63) is 29.8 Å². The highest BCUT2D eigenvalue weighted by Gasteiger charge is 2.22. The first-order chi connectivity index (χ1) is 8.72. The van der Waals surface area contributed by atoms with Crippen LogP contribution in [-0.4, -0.2) is 18.3 Å². The van der Waals surface area contributed by atoms with Crippen LogP contribution in [-0.2, 0) is 6.42 Å². The van der Waals surface area contributed by atoms with Crippen LogP contribution in [0, 0.1) is 5.92 Å². The van der Waals surface area contributed by atoms with Gasteiger partial charge < -0.3 is 4.90 Å². The van der Waals surface area contributed by atoms with Crippen LogP contribution >= 0.6 is 12.6 Å². The second-order valence-electron chi connectivity index (χ2n) is 5.62. The van der Waals surface area contributed by atoms with E-state index in [1.165, 1.54) is 43.5 Å². The number of rotatable bonds is 5. The summed E-state index contributed by atoms with van der Waals surface area (Å²) in [5.41, 5.74) is 2.99. The number of aryl methyl sites for hydroxylation is 1. The summed E-state index contributed by atoms with van der Waals surface area (Å²) in [7, 11) is 0. The first kappa shape index (κ1) is 13.8. The zero-order valence-electron chi connectivity index (χ0n) is 11.6. The monoisotopic (exact) mass is 263 g/mol. The molecule has 0 N–H and O–H groups in total. The Kier molecular flexibility index (Phi) is 4.99. The minimum atomic E-state index is 0.683. The smallest absolute Gasteiger partial charge is 0.0401 e. The van der Waals surface area contributed by atoms with E-state index in [0.717, 1.165) is 11.7 Å². The van der Waals surface area contributed by atoms with Gasteiger partial charge in [-0.15, -0.1) is 0 Å². The summed E-state index contributed by atoms with van der Waals surface area (Å²) < 4.78 is 0. The molecule has 0 bridgehead atoms. The Balaban J connectivity index is 2.03. The molecule has 0 aliphatic carbocycles. The molecule has 1 aliphatic heterocycles. The molecule has 0 amide bonds. The summed E-state index contributed by atoms with van der Waals surface area (Å²) in [5.74, 6) is 1.79. The van der Waals surface area contributed by atoms with Crippen LogP contribution in [0.3, 0.4) is 0 Å². The van der Waals surface area contributed by atoms with Crippen molar-refractivity contribution in [1.82, 2.24) is 0 Å². The van der Waals surface area contributed by atoms with Crippen molar-refractivity contribution in [1.29, 1.82) is 0 Å². The number of benzene rings is 1. The van der Waals surface area contributed by atoms with Crippen LogP contribution in [0.25, 0.3) is 0 Å². The van der Waals surface area contributed by atoms with Gasteiger partial charge in [0, 0.05) is 18.3 Å². The SMILES string of the molecule is CC(CCS)CCN1c2ccccc2CCC1C. The molecule has 100 valence electrons. The van der Waals surface area contributed by atoms with E-state index in [1.54, 1.807) is 0 Å². The molecule has 0 saturated heterocycles. The number of para-hydroxylation sites is 1. The van der Waals surface area contributed by atoms with Gasteiger partial charge in [0.2, 0.25) is 0 Å². The number of hydrogen-bond donors (Lipinski definition) is 1. The first-order valence-corrected chi connectivity index (χ1v) is 7.81. The predicted octanol–water partition coefficient (Wildman–Crippen LogP) is 4.17. The number of fused-ring (bicyclic) bond motifs is 1. The highest BCUT2D eigenvalue weighted by molar-refractivity contribution is 7.80. The highest BCUT2D eigenvalue weighted by atomic mass is 32.1. The van der Waals surface area contributed by atoms with E-state index >= 15 is 0 Å². The van der Waals surface area contributed by atoms with Crippen molar-refractivity contribution in [2.75, 3.05) is 17.2 Å². The van der Waals surface area contributed by atoms with Crippen LogP contribution < -0.4 is 4.90 Å². The molecule has 0 spiro atoms. The fraction of sp³-hybridized carbons (Fsp3) is 0.625. The molecule has 1 nitrogen and oxygen atoms in total. The Hall–Kier alpha value is -0.630. The van der Waals surface area contributed by atoms with Crippen molar-refractivity contribution in [2.24, 2.45) is 5.92 Å². The minimum Gasteiger partial charge on any atom is -0.369 e. The lowest BCUT2D eigenvalue weighted by Crippen LogP contribution is -2.38. The average Bonchev–Trinajstić information content (AvgIpc) is 2.38. The minimum absolute atomic E-state index is 0.683. The molecule has 0 radical (unpaired) electrons. The largest absolute Gasteiger partial charge is 0.369 e. The molecule has 2 atom stereocenters. The summed E-state index contributed by atoms with van der Waals surface area (Å²) in [6.45, 7) is 5.89. The van der Waals surface area contributed by atoms with Gasteiger partial charge in [0.25, 0.3) is 0 Å². The van der Waals surface area contributed by atoms with Crippen LogP contribution in [0.5, 0.6) is 0 Å². The van der Waals surface area contributed by atoms with Crippen molar-refractivity contribution < 1.29 is 0 Å². The standard InChI is InChI=1S/C16H25NS/c1-13(10-12-18)9-11-17-14(2)7-8-15-5-3-4-6-16(15)17/h3-6,13-14,18H,7-12H2,1-2H3. The van der Waals surface area contributed by atoms with Gasteiger partial charge in [-0.05, 0) is 55.9 Å². The van der Waals surface area contributed by atoms with Crippen molar-refractivity contribution in [3.8, 4) is 0 Å². The topological polar surface area (TPSA) is 3.24 Å². The molecule has 1 heterocycles. The second-order valence-corrected chi connectivity index (χ2v) is 6.06. The molecule has 2 unspecified atom stereocenters. The molecular formula is C16H25NS. The Morgan fingerprint density at radius 3 is 2.89 bits per heavy atom. The number of hydrogen-bond acceptors (Lipinski definition) is 2. The highest BCUT2D eigenvalue weighted by Crippen LogP contribution is 2.30. The van der Waals surface area contributed by atoms with E-state index in [4.69, 9.17) is 0 Å². The number of nitrogens with zero attached hydrogens (tertiary/aromatic N) is 1. The Bertz CT molecular complexity index is 377. The average molecular weight is 263 g/mol. The van der Waals surface area contributed by atoms with Gasteiger partial charge in [-0.2, -0.15) is 12.6 Å². The van der Waals surface area contributed by atoms with Crippen LogP contribution in [0.1, 0.15) is 38.7 Å². The van der Waals surface area contributed by atoms with E-state index in [2.05, 4.69) is 55.6 Å². The van der Waals surface area contributed by atoms with Gasteiger partial charge in [0.05, 0.1) is 0 Å².